The highest BCUT2D eigenvalue weighted by Crippen LogP contribution is 2.20. The lowest BCUT2D eigenvalue weighted by molar-refractivity contribution is -0.137. The highest BCUT2D eigenvalue weighted by molar-refractivity contribution is 5.66. The summed E-state index contributed by atoms with van der Waals surface area (Å²) in [6, 6.07) is 0.736. The van der Waals surface area contributed by atoms with E-state index in [0.29, 0.717) is 6.42 Å². The number of nitrogens with zero attached hydrogens (tertiary/aromatic N) is 2. The van der Waals surface area contributed by atoms with E-state index >= 15 is 0 Å². The van der Waals surface area contributed by atoms with Gasteiger partial charge in [-0.05, 0) is 51.9 Å². The van der Waals surface area contributed by atoms with Crippen LogP contribution in [-0.4, -0.2) is 59.6 Å². The van der Waals surface area contributed by atoms with E-state index < -0.39 is 5.97 Å². The van der Waals surface area contributed by atoms with Crippen molar-refractivity contribution in [3.05, 3.63) is 0 Å². The summed E-state index contributed by atoms with van der Waals surface area (Å²) in [6.45, 7) is 5.80. The van der Waals surface area contributed by atoms with Crippen LogP contribution in [0.5, 0.6) is 0 Å². The Kier molecular flexibility index (Phi) is 4.80. The van der Waals surface area contributed by atoms with E-state index in [1.54, 1.807) is 0 Å². The van der Waals surface area contributed by atoms with Crippen LogP contribution in [0.25, 0.3) is 0 Å². The summed E-state index contributed by atoms with van der Waals surface area (Å²) in [5.41, 5.74) is 0. The molecular weight excluding hydrogens is 216 g/mol. The van der Waals surface area contributed by atoms with Gasteiger partial charge in [-0.15, -0.1) is 0 Å². The van der Waals surface area contributed by atoms with Crippen molar-refractivity contribution < 1.29 is 9.90 Å². The Balaban J connectivity index is 1.66. The molecule has 98 valence electrons. The molecule has 4 heteroatoms. The SMILES string of the molecule is O=C(O)CCCN1CCC(N2CCCCC2)C1. The molecule has 4 nitrogen and oxygen atoms in total. The van der Waals surface area contributed by atoms with Gasteiger partial charge in [0.25, 0.3) is 0 Å². The predicted molar refractivity (Wildman–Crippen MR) is 67.1 cm³/mol. The zero-order valence-electron chi connectivity index (χ0n) is 10.6. The molecule has 2 saturated heterocycles. The molecule has 2 rings (SSSR count). The van der Waals surface area contributed by atoms with Crippen molar-refractivity contribution in [2.45, 2.75) is 44.6 Å². The summed E-state index contributed by atoms with van der Waals surface area (Å²) in [5, 5.41) is 8.62. The number of aliphatic carboxylic acids is 1. The third-order valence-electron chi connectivity index (χ3n) is 4.02. The number of carboxylic acids is 1. The molecule has 2 aliphatic rings. The number of likely N-dealkylation sites (tertiary alicyclic amines) is 2. The zero-order valence-corrected chi connectivity index (χ0v) is 10.6. The number of hydrogen-bond acceptors (Lipinski definition) is 3. The first-order valence-corrected chi connectivity index (χ1v) is 6.94. The van der Waals surface area contributed by atoms with E-state index in [2.05, 4.69) is 9.80 Å². The number of rotatable bonds is 5. The average Bonchev–Trinajstić information content (AvgIpc) is 2.78. The largest absolute Gasteiger partial charge is 0.481 e. The lowest BCUT2D eigenvalue weighted by Crippen LogP contribution is -2.40. The van der Waals surface area contributed by atoms with Crippen molar-refractivity contribution in [2.24, 2.45) is 0 Å². The smallest absolute Gasteiger partial charge is 0.303 e. The van der Waals surface area contributed by atoms with Crippen LogP contribution in [0.2, 0.25) is 0 Å². The molecule has 17 heavy (non-hydrogen) atoms. The van der Waals surface area contributed by atoms with Gasteiger partial charge in [-0.25, -0.2) is 0 Å². The van der Waals surface area contributed by atoms with Crippen LogP contribution in [0.1, 0.15) is 38.5 Å². The molecule has 1 unspecified atom stereocenters. The molecule has 2 fully saturated rings. The Hall–Kier alpha value is -0.610. The van der Waals surface area contributed by atoms with Gasteiger partial charge in [0.15, 0.2) is 0 Å². The van der Waals surface area contributed by atoms with Crippen LogP contribution in [-0.2, 0) is 4.79 Å². The third-order valence-corrected chi connectivity index (χ3v) is 4.02. The second kappa shape index (κ2) is 6.36. The molecule has 0 aliphatic carbocycles. The fraction of sp³-hybridized carbons (Fsp3) is 0.923. The van der Waals surface area contributed by atoms with Gasteiger partial charge in [0.05, 0.1) is 0 Å². The number of carbonyl (C=O) groups is 1. The molecule has 0 saturated carbocycles. The van der Waals surface area contributed by atoms with E-state index in [0.717, 1.165) is 32.1 Å². The van der Waals surface area contributed by atoms with Gasteiger partial charge in [-0.2, -0.15) is 0 Å². The topological polar surface area (TPSA) is 43.8 Å². The lowest BCUT2D eigenvalue weighted by atomic mass is 10.1. The molecule has 0 aromatic carbocycles. The number of carboxylic acid groups (broad SMARTS) is 1. The number of hydrogen-bond donors (Lipinski definition) is 1. The molecule has 1 atom stereocenters. The molecule has 0 aromatic heterocycles. The monoisotopic (exact) mass is 240 g/mol. The van der Waals surface area contributed by atoms with Gasteiger partial charge in [-0.1, -0.05) is 6.42 Å². The highest BCUT2D eigenvalue weighted by Gasteiger charge is 2.27. The summed E-state index contributed by atoms with van der Waals surface area (Å²) >= 11 is 0. The third kappa shape index (κ3) is 3.96. The summed E-state index contributed by atoms with van der Waals surface area (Å²) < 4.78 is 0. The molecule has 0 bridgehead atoms. The molecule has 0 radical (unpaired) electrons. The summed E-state index contributed by atoms with van der Waals surface area (Å²) in [7, 11) is 0. The maximum Gasteiger partial charge on any atom is 0.303 e. The Labute approximate surface area is 104 Å². The molecular formula is C13H24N2O2. The van der Waals surface area contributed by atoms with Crippen molar-refractivity contribution in [3.63, 3.8) is 0 Å². The molecule has 2 aliphatic heterocycles. The first-order chi connectivity index (χ1) is 8.25. The summed E-state index contributed by atoms with van der Waals surface area (Å²) in [6.07, 6.45) is 6.48. The summed E-state index contributed by atoms with van der Waals surface area (Å²) in [5.74, 6) is -0.670. The van der Waals surface area contributed by atoms with Crippen LogP contribution in [0.4, 0.5) is 0 Å². The minimum Gasteiger partial charge on any atom is -0.481 e. The Morgan fingerprint density at radius 3 is 2.65 bits per heavy atom. The van der Waals surface area contributed by atoms with Crippen molar-refractivity contribution in [2.75, 3.05) is 32.7 Å². The standard InChI is InChI=1S/C13H24N2O2/c16-13(17)5-4-7-14-10-6-12(11-14)15-8-2-1-3-9-15/h12H,1-11H2,(H,16,17). The maximum absolute atomic E-state index is 10.5. The lowest BCUT2D eigenvalue weighted by Gasteiger charge is -2.32. The Morgan fingerprint density at radius 1 is 1.18 bits per heavy atom. The van der Waals surface area contributed by atoms with Gasteiger partial charge >= 0.3 is 5.97 Å². The van der Waals surface area contributed by atoms with E-state index in [9.17, 15) is 4.79 Å². The molecule has 0 aromatic rings. The van der Waals surface area contributed by atoms with Crippen LogP contribution >= 0.6 is 0 Å². The minimum atomic E-state index is -0.670. The van der Waals surface area contributed by atoms with Crippen LogP contribution < -0.4 is 0 Å². The van der Waals surface area contributed by atoms with Crippen LogP contribution in [0.3, 0.4) is 0 Å². The predicted octanol–water partition coefficient (Wildman–Crippen LogP) is 1.41. The van der Waals surface area contributed by atoms with Crippen molar-refractivity contribution in [3.8, 4) is 0 Å². The summed E-state index contributed by atoms with van der Waals surface area (Å²) in [4.78, 5) is 15.5. The van der Waals surface area contributed by atoms with Gasteiger partial charge in [0, 0.05) is 19.0 Å². The number of piperidine rings is 1. The Morgan fingerprint density at radius 2 is 1.94 bits per heavy atom. The molecule has 2 heterocycles. The fourth-order valence-corrected chi connectivity index (χ4v) is 3.05. The molecule has 1 N–H and O–H groups in total. The average molecular weight is 240 g/mol. The van der Waals surface area contributed by atoms with Crippen LogP contribution in [0, 0.1) is 0 Å². The van der Waals surface area contributed by atoms with E-state index in [1.165, 1.54) is 38.8 Å². The van der Waals surface area contributed by atoms with Crippen molar-refractivity contribution in [1.82, 2.24) is 9.80 Å². The normalized spacial score (nSPS) is 27.4. The minimum absolute atomic E-state index is 0.310. The second-order valence-corrected chi connectivity index (χ2v) is 5.34. The first-order valence-electron chi connectivity index (χ1n) is 6.94. The zero-order chi connectivity index (χ0) is 12.1. The van der Waals surface area contributed by atoms with Crippen molar-refractivity contribution >= 4 is 5.97 Å². The van der Waals surface area contributed by atoms with Gasteiger partial charge in [-0.3, -0.25) is 9.69 Å². The van der Waals surface area contributed by atoms with Crippen LogP contribution in [0.15, 0.2) is 0 Å². The van der Waals surface area contributed by atoms with Gasteiger partial charge < -0.3 is 10.0 Å². The second-order valence-electron chi connectivity index (χ2n) is 5.34. The van der Waals surface area contributed by atoms with Gasteiger partial charge in [0.1, 0.15) is 0 Å². The Bertz CT molecular complexity index is 252. The van der Waals surface area contributed by atoms with E-state index in [4.69, 9.17) is 5.11 Å². The molecule has 0 spiro atoms. The van der Waals surface area contributed by atoms with Gasteiger partial charge in [0.2, 0.25) is 0 Å². The highest BCUT2D eigenvalue weighted by atomic mass is 16.4. The fourth-order valence-electron chi connectivity index (χ4n) is 3.05. The quantitative estimate of drug-likeness (QED) is 0.789. The van der Waals surface area contributed by atoms with E-state index in [-0.39, 0.29) is 0 Å². The van der Waals surface area contributed by atoms with Crippen molar-refractivity contribution in [1.29, 1.82) is 0 Å². The maximum atomic E-state index is 10.5. The molecule has 0 amide bonds. The first kappa shape index (κ1) is 12.8. The van der Waals surface area contributed by atoms with E-state index in [1.807, 2.05) is 0 Å².